The van der Waals surface area contributed by atoms with Gasteiger partial charge in [-0.05, 0) is 74.0 Å². The first-order chi connectivity index (χ1) is 45.5. The normalized spacial score (nSPS) is 26.6. The zero-order chi connectivity index (χ0) is 68.3. The standard InChI is InChI=1S/C60H79N11O22S2/c1-30-26-71-49(50(30)80)55(85)62-25-38(75)23-40(63-51(81)33-4-6-34(7-5-33)56-67-68-57(94-56)35-8-10-37(11-9-35)69-17-14-60(15-18-69)89-19-20-90-60)52(82)64-46(31(2)74)58(86)70-27-39(76)24-41(70)53(83)65-47(44(79)21-32-3-12-42(77)45(22-32)91-95-93-92-88)54(84)66-48(59(71)87)43(78)13-16-61-36(28-72)29-73/h3-12,22,30-31,36,38-41,43-44,46-50,61,72-80,88H,13-21,23-29H2,1-2H3,(H,62,85)(H,63,81)(H,64,82)(H,65,83)(H,66,84)/t30-,31+,38+,39+,40-,41-,43+,44+,46-,47-,48-,49-,50-/m0/s1. The number of aliphatic hydroxyl groups is 8. The van der Waals surface area contributed by atoms with E-state index in [-0.39, 0.29) is 42.3 Å². The van der Waals surface area contributed by atoms with Gasteiger partial charge in [0.15, 0.2) is 17.3 Å². The van der Waals surface area contributed by atoms with Crippen LogP contribution in [0.1, 0.15) is 61.9 Å². The number of ether oxygens (including phenoxy) is 2. The summed E-state index contributed by atoms with van der Waals surface area (Å²) in [5.41, 5.74) is 2.57. The maximum Gasteiger partial charge on any atom is 0.261 e. The van der Waals surface area contributed by atoms with Gasteiger partial charge in [-0.15, -0.1) is 10.2 Å². The second-order valence-corrected chi connectivity index (χ2v) is 25.4. The first-order valence-corrected chi connectivity index (χ1v) is 32.3. The van der Waals surface area contributed by atoms with Crippen LogP contribution in [0, 0.1) is 5.92 Å². The van der Waals surface area contributed by atoms with Gasteiger partial charge in [-0.1, -0.05) is 45.8 Å². The molecule has 95 heavy (non-hydrogen) atoms. The van der Waals surface area contributed by atoms with E-state index >= 15 is 0 Å². The molecular formula is C60H79N11O22S2. The number of amides is 7. The average molecular weight is 1370 g/mol. The van der Waals surface area contributed by atoms with Crippen LogP contribution in [-0.4, -0.2) is 263 Å². The second kappa shape index (κ2) is 32.6. The average Bonchev–Trinajstić information content (AvgIpc) is 1.87. The predicted molar refractivity (Wildman–Crippen MR) is 333 cm³/mol. The molecular weight excluding hydrogens is 1290 g/mol. The summed E-state index contributed by atoms with van der Waals surface area (Å²) in [6, 6.07) is 5.26. The van der Waals surface area contributed by atoms with Crippen molar-refractivity contribution >= 4 is 70.7 Å². The summed E-state index contributed by atoms with van der Waals surface area (Å²) >= 11 is 1.37. The molecule has 33 nitrogen and oxygen atoms in total. The van der Waals surface area contributed by atoms with Crippen molar-refractivity contribution < 1.29 is 108 Å². The number of nitrogens with one attached hydrogen (secondary N) is 6. The van der Waals surface area contributed by atoms with Crippen molar-refractivity contribution in [3.05, 3.63) is 77.9 Å². The number of aliphatic hydroxyl groups excluding tert-OH is 8. The first-order valence-electron chi connectivity index (χ1n) is 30.9. The van der Waals surface area contributed by atoms with Crippen LogP contribution in [0.15, 0.2) is 66.7 Å². The Hall–Kier alpha value is -7.30. The van der Waals surface area contributed by atoms with Crippen LogP contribution < -0.4 is 41.0 Å². The fourth-order valence-electron chi connectivity index (χ4n) is 12.1. The van der Waals surface area contributed by atoms with E-state index in [1.165, 1.54) is 36.5 Å². The summed E-state index contributed by atoms with van der Waals surface area (Å²) in [5, 5.41) is 136. The fourth-order valence-corrected chi connectivity index (χ4v) is 13.2. The number of rotatable bonds is 20. The van der Waals surface area contributed by atoms with E-state index in [1.807, 2.05) is 24.3 Å². The number of fused-ring (bicyclic) bond motifs is 2. The maximum atomic E-state index is 15.0. The van der Waals surface area contributed by atoms with Crippen LogP contribution in [0.3, 0.4) is 0 Å². The minimum Gasteiger partial charge on any atom is -0.504 e. The molecule has 5 saturated heterocycles. The minimum atomic E-state index is -2.16. The van der Waals surface area contributed by atoms with Gasteiger partial charge in [-0.3, -0.25) is 33.6 Å². The van der Waals surface area contributed by atoms with E-state index in [4.69, 9.17) is 18.9 Å². The van der Waals surface area contributed by atoms with Gasteiger partial charge in [0.1, 0.15) is 46.3 Å². The number of piperidine rings is 1. The third kappa shape index (κ3) is 17.7. The highest BCUT2D eigenvalue weighted by Crippen LogP contribution is 2.36. The first kappa shape index (κ1) is 72.0. The molecule has 518 valence electrons. The maximum absolute atomic E-state index is 15.0. The molecule has 13 atom stereocenters. The van der Waals surface area contributed by atoms with Crippen molar-refractivity contribution in [1.29, 1.82) is 0 Å². The molecule has 0 aliphatic carbocycles. The second-order valence-electron chi connectivity index (χ2n) is 24.0. The molecule has 35 heteroatoms. The third-order valence-corrected chi connectivity index (χ3v) is 18.7. The van der Waals surface area contributed by atoms with Gasteiger partial charge in [0.25, 0.3) is 18.2 Å². The molecule has 3 aromatic carbocycles. The Morgan fingerprint density at radius 1 is 0.779 bits per heavy atom. The molecule has 9 rings (SSSR count). The topological polar surface area (TPSA) is 476 Å². The Morgan fingerprint density at radius 2 is 1.41 bits per heavy atom. The van der Waals surface area contributed by atoms with Crippen LogP contribution in [0.25, 0.3) is 21.1 Å². The molecule has 16 N–H and O–H groups in total. The number of nitrogens with zero attached hydrogens (tertiary/aromatic N) is 5. The van der Waals surface area contributed by atoms with Gasteiger partial charge >= 0.3 is 0 Å². The number of carbonyl (C=O) groups excluding carboxylic acids is 7. The summed E-state index contributed by atoms with van der Waals surface area (Å²) in [4.78, 5) is 106. The summed E-state index contributed by atoms with van der Waals surface area (Å²) in [7, 11) is 0. The van der Waals surface area contributed by atoms with Crippen LogP contribution in [-0.2, 0) is 54.0 Å². The third-order valence-electron chi connectivity index (χ3n) is 17.3. The number of β-amino-alcohol motifs (C(OH)–C–C–N with tert-alkyl or cyclic N) is 1. The molecule has 5 aliphatic heterocycles. The molecule has 6 heterocycles. The van der Waals surface area contributed by atoms with Gasteiger partial charge in [-0.25, -0.2) is 5.26 Å². The Balaban J connectivity index is 0.983. The lowest BCUT2D eigenvalue weighted by molar-refractivity contribution is -0.433. The smallest absolute Gasteiger partial charge is 0.261 e. The van der Waals surface area contributed by atoms with E-state index < -0.39 is 190 Å². The SMILES string of the molecule is C[C@@H](O)[C@@H]1NC(=O)[C@@H](NC(=O)c2ccc(-c3nnc(-c4ccc(N5CCC6(CC5)OCCO6)cc4)s3)cc2)C[C@@H](O)CNC(=O)[C@@H]2[C@@H](O)[C@@H](C)CN2C(=O)[C@H]([C@H](O)CCNC(CO)CO)NC(=O)[C@H]([C@H](O)Cc2ccc(O)c(OSOOO)c2)NC(=O)[C@@H]2C[C@@H](O)CN2C1=O. The molecule has 0 bridgehead atoms. The molecule has 7 amide bonds. The fraction of sp³-hybridized carbons (Fsp3) is 0.550. The number of hydrogen-bond donors (Lipinski definition) is 16. The van der Waals surface area contributed by atoms with E-state index in [9.17, 15) is 79.5 Å². The van der Waals surface area contributed by atoms with Crippen molar-refractivity contribution in [2.45, 2.75) is 137 Å². The van der Waals surface area contributed by atoms with E-state index in [2.05, 4.69) is 56.4 Å². The largest absolute Gasteiger partial charge is 0.504 e. The lowest BCUT2D eigenvalue weighted by Crippen LogP contribution is -2.64. The van der Waals surface area contributed by atoms with Crippen LogP contribution >= 0.6 is 23.7 Å². The molecule has 4 aromatic rings. The van der Waals surface area contributed by atoms with Crippen molar-refractivity contribution in [3.63, 3.8) is 0 Å². The van der Waals surface area contributed by atoms with Crippen LogP contribution in [0.2, 0.25) is 0 Å². The highest BCUT2D eigenvalue weighted by atomic mass is 32.2. The zero-order valence-corrected chi connectivity index (χ0v) is 53.3. The number of aromatic hydroxyl groups is 1. The van der Waals surface area contributed by atoms with Crippen molar-refractivity contribution in [3.8, 4) is 32.6 Å². The summed E-state index contributed by atoms with van der Waals surface area (Å²) in [6.45, 7) is 2.40. The summed E-state index contributed by atoms with van der Waals surface area (Å²) < 4.78 is 21.1. The Morgan fingerprint density at radius 3 is 2.05 bits per heavy atom. The Bertz CT molecular complexity index is 3300. The molecule has 0 radical (unpaired) electrons. The molecule has 5 aliphatic rings. The highest BCUT2D eigenvalue weighted by molar-refractivity contribution is 7.90. The van der Waals surface area contributed by atoms with Gasteiger partial charge < -0.3 is 106 Å². The van der Waals surface area contributed by atoms with Gasteiger partial charge in [-0.2, -0.15) is 0 Å². The van der Waals surface area contributed by atoms with Gasteiger partial charge in [0.2, 0.25) is 35.4 Å². The van der Waals surface area contributed by atoms with Gasteiger partial charge in [0.05, 0.1) is 69.1 Å². The predicted octanol–water partition coefficient (Wildman–Crippen LogP) is -3.43. The molecule has 0 saturated carbocycles. The number of benzene rings is 3. The number of hydrogen-bond acceptors (Lipinski definition) is 28. The lowest BCUT2D eigenvalue weighted by atomic mass is 9.98. The number of carbonyl (C=O) groups is 7. The molecule has 5 fully saturated rings. The quantitative estimate of drug-likeness (QED) is 0.0177. The number of phenols is 1. The van der Waals surface area contributed by atoms with E-state index in [1.54, 1.807) is 12.1 Å². The van der Waals surface area contributed by atoms with E-state index in [0.29, 0.717) is 28.8 Å². The number of aromatic nitrogens is 2. The Kier molecular flexibility index (Phi) is 24.7. The van der Waals surface area contributed by atoms with Crippen LogP contribution in [0.5, 0.6) is 11.5 Å². The number of anilines is 1. The summed E-state index contributed by atoms with van der Waals surface area (Å²) in [6.07, 6.45) is -11.2. The molecule has 1 spiro atoms. The minimum absolute atomic E-state index is 0.00952. The van der Waals surface area contributed by atoms with Crippen LogP contribution in [0.4, 0.5) is 5.69 Å². The van der Waals surface area contributed by atoms with Crippen molar-refractivity contribution in [2.24, 2.45) is 5.92 Å². The zero-order valence-electron chi connectivity index (χ0n) is 51.7. The number of phenolic OH excluding ortho intramolecular Hbond substituents is 1. The molecule has 1 aromatic heterocycles. The Labute approximate surface area is 552 Å². The molecule has 0 unspecified atom stereocenters. The van der Waals surface area contributed by atoms with E-state index in [0.717, 1.165) is 66.0 Å². The monoisotopic (exact) mass is 1370 g/mol. The van der Waals surface area contributed by atoms with Gasteiger partial charge in [0, 0.05) is 93.1 Å². The summed E-state index contributed by atoms with van der Waals surface area (Å²) in [5.74, 6) is -10.1. The lowest BCUT2D eigenvalue weighted by Gasteiger charge is -2.38. The van der Waals surface area contributed by atoms with Crippen molar-refractivity contribution in [1.82, 2.24) is 51.9 Å². The highest BCUT2D eigenvalue weighted by Gasteiger charge is 2.50. The van der Waals surface area contributed by atoms with Crippen molar-refractivity contribution in [2.75, 3.05) is 70.6 Å².